The summed E-state index contributed by atoms with van der Waals surface area (Å²) in [5.41, 5.74) is 1.81. The van der Waals surface area contributed by atoms with Gasteiger partial charge in [0.2, 0.25) is 0 Å². The maximum absolute atomic E-state index is 8.94. The Morgan fingerprint density at radius 1 is 1.62 bits per heavy atom. The number of aliphatic hydroxyl groups is 1. The Bertz CT molecular complexity index is 332. The normalized spacial score (nSPS) is 11.5. The molecule has 0 aromatic heterocycles. The first-order valence-electron chi connectivity index (χ1n) is 4.32. The van der Waals surface area contributed by atoms with Gasteiger partial charge in [-0.3, -0.25) is 0 Å². The zero-order chi connectivity index (χ0) is 11.3. The molecule has 0 aliphatic heterocycles. The molecule has 0 spiro atoms. The molecule has 1 aromatic carbocycles. The zero-order valence-electron chi connectivity index (χ0n) is 9.08. The molecule has 1 rings (SSSR count). The second-order valence-electron chi connectivity index (χ2n) is 3.00. The Labute approximate surface area is 180 Å². The van der Waals surface area contributed by atoms with Crippen molar-refractivity contribution in [3.8, 4) is 0 Å². The fourth-order valence-corrected chi connectivity index (χ4v) is 2.34. The molecule has 3 nitrogen and oxygen atoms in total. The largest absolute Gasteiger partial charge is 1.00 e. The second-order valence-corrected chi connectivity index (χ2v) is 5.60. The minimum Gasteiger partial charge on any atom is -0.678 e. The van der Waals surface area contributed by atoms with Gasteiger partial charge in [0.05, 0.1) is 0 Å². The predicted molar refractivity (Wildman–Crippen MR) is 78.9 cm³/mol. The predicted octanol–water partition coefficient (Wildman–Crippen LogP) is 1.25. The Hall–Kier alpha value is 2.39. The van der Waals surface area contributed by atoms with Crippen molar-refractivity contribution in [3.05, 3.63) is 28.0 Å². The SMILES string of the molecule is CC(CO)[N-]c1ccc(Br)cc1NSI.[Cs+]. The fraction of sp³-hybridized carbons (Fsp3) is 0.333. The minimum absolute atomic E-state index is 0. The first kappa shape index (κ1) is 18.4. The van der Waals surface area contributed by atoms with Gasteiger partial charge in [0, 0.05) is 47.1 Å². The van der Waals surface area contributed by atoms with Crippen LogP contribution in [0.25, 0.3) is 5.32 Å². The van der Waals surface area contributed by atoms with E-state index in [0.717, 1.165) is 15.8 Å². The van der Waals surface area contributed by atoms with Crippen LogP contribution in [0.5, 0.6) is 0 Å². The number of halogens is 2. The Morgan fingerprint density at radius 3 is 2.88 bits per heavy atom. The first-order chi connectivity index (χ1) is 7.17. The van der Waals surface area contributed by atoms with Crippen molar-refractivity contribution in [2.24, 2.45) is 0 Å². The van der Waals surface area contributed by atoms with Crippen LogP contribution in [0.4, 0.5) is 11.4 Å². The van der Waals surface area contributed by atoms with E-state index in [0.29, 0.717) is 0 Å². The molecule has 0 aliphatic rings. The molecule has 7 heteroatoms. The van der Waals surface area contributed by atoms with E-state index in [1.54, 1.807) is 0 Å². The van der Waals surface area contributed by atoms with Crippen molar-refractivity contribution in [1.29, 1.82) is 0 Å². The van der Waals surface area contributed by atoms with Crippen LogP contribution in [-0.2, 0) is 0 Å². The van der Waals surface area contributed by atoms with Crippen LogP contribution in [0.1, 0.15) is 6.92 Å². The van der Waals surface area contributed by atoms with E-state index in [2.05, 4.69) is 47.2 Å². The smallest absolute Gasteiger partial charge is 0.678 e. The molecule has 0 heterocycles. The van der Waals surface area contributed by atoms with Gasteiger partial charge in [0.25, 0.3) is 0 Å². The summed E-state index contributed by atoms with van der Waals surface area (Å²) in [6.07, 6.45) is 0. The van der Waals surface area contributed by atoms with Crippen molar-refractivity contribution in [1.82, 2.24) is 0 Å². The molecule has 1 aromatic rings. The van der Waals surface area contributed by atoms with Crippen LogP contribution in [0.15, 0.2) is 22.7 Å². The van der Waals surface area contributed by atoms with E-state index < -0.39 is 0 Å². The average molecular weight is 535 g/mol. The van der Waals surface area contributed by atoms with Crippen molar-refractivity contribution in [2.75, 3.05) is 11.3 Å². The molecule has 1 unspecified atom stereocenters. The molecule has 0 radical (unpaired) electrons. The van der Waals surface area contributed by atoms with Crippen molar-refractivity contribution < 1.29 is 74.0 Å². The zero-order valence-corrected chi connectivity index (χ0v) is 19.9. The number of hydrogen-bond donors (Lipinski definition) is 2. The number of benzene rings is 1. The van der Waals surface area contributed by atoms with E-state index in [9.17, 15) is 0 Å². The van der Waals surface area contributed by atoms with Gasteiger partial charge >= 0.3 is 68.9 Å². The molecule has 0 saturated heterocycles. The summed E-state index contributed by atoms with van der Waals surface area (Å²) in [6, 6.07) is 5.75. The third-order valence-electron chi connectivity index (χ3n) is 1.73. The number of nitrogens with one attached hydrogen (secondary N) is 1. The quantitative estimate of drug-likeness (QED) is 0.442. The minimum atomic E-state index is -0.0778. The molecule has 0 amide bonds. The van der Waals surface area contributed by atoms with Crippen LogP contribution in [0, 0.1) is 0 Å². The standard InChI is InChI=1S/C9H11BrIN2OS.Cs/c1-6(5-14)12-8-3-2-7(10)4-9(8)13-15-11;/h2-4,6,13-14H,5H2,1H3;/q-1;+1. The fourth-order valence-electron chi connectivity index (χ4n) is 1.02. The van der Waals surface area contributed by atoms with Crippen LogP contribution in [0.2, 0.25) is 0 Å². The molecule has 0 aliphatic carbocycles. The molecule has 84 valence electrons. The van der Waals surface area contributed by atoms with E-state index in [4.69, 9.17) is 5.11 Å². The van der Waals surface area contributed by atoms with Crippen LogP contribution < -0.4 is 73.6 Å². The summed E-state index contributed by atoms with van der Waals surface area (Å²) in [4.78, 5) is 0. The average Bonchev–Trinajstić information content (AvgIpc) is 2.22. The van der Waals surface area contributed by atoms with Crippen molar-refractivity contribution in [3.63, 3.8) is 0 Å². The number of rotatable bonds is 5. The molecular weight excluding hydrogens is 524 g/mol. The summed E-state index contributed by atoms with van der Waals surface area (Å²) in [6.45, 7) is 1.94. The van der Waals surface area contributed by atoms with Gasteiger partial charge in [-0.25, -0.2) is 0 Å². The van der Waals surface area contributed by atoms with Gasteiger partial charge in [-0.1, -0.05) is 35.0 Å². The van der Waals surface area contributed by atoms with Gasteiger partial charge in [-0.05, 0) is 12.1 Å². The summed E-state index contributed by atoms with van der Waals surface area (Å²) in [5, 5.41) is 13.3. The van der Waals surface area contributed by atoms with Crippen molar-refractivity contribution in [2.45, 2.75) is 13.0 Å². The molecule has 0 fully saturated rings. The summed E-state index contributed by atoms with van der Waals surface area (Å²) in [5.74, 6) is 0. The molecular formula is C9H11BrCsIN2OS. The monoisotopic (exact) mass is 534 g/mol. The van der Waals surface area contributed by atoms with Crippen LogP contribution >= 0.6 is 46.3 Å². The van der Waals surface area contributed by atoms with E-state index >= 15 is 0 Å². The maximum atomic E-state index is 8.94. The summed E-state index contributed by atoms with van der Waals surface area (Å²) < 4.78 is 4.15. The maximum Gasteiger partial charge on any atom is 1.00 e. The van der Waals surface area contributed by atoms with E-state index in [-0.39, 0.29) is 81.5 Å². The molecule has 1 atom stereocenters. The molecule has 0 saturated carbocycles. The van der Waals surface area contributed by atoms with Gasteiger partial charge in [-0.2, -0.15) is 0 Å². The number of nitrogens with zero attached hydrogens (tertiary/aromatic N) is 1. The second kappa shape index (κ2) is 10.2. The van der Waals surface area contributed by atoms with Crippen LogP contribution in [-0.4, -0.2) is 17.8 Å². The molecule has 0 bridgehead atoms. The first-order valence-corrected chi connectivity index (χ1v) is 8.47. The van der Waals surface area contributed by atoms with Crippen LogP contribution in [0.3, 0.4) is 0 Å². The molecule has 16 heavy (non-hydrogen) atoms. The Morgan fingerprint density at radius 2 is 2.31 bits per heavy atom. The Balaban J connectivity index is 0.00000225. The van der Waals surface area contributed by atoms with Gasteiger partial charge in [0.1, 0.15) is 0 Å². The topological polar surface area (TPSA) is 46.4 Å². The third-order valence-corrected chi connectivity index (χ3v) is 3.18. The van der Waals surface area contributed by atoms with Gasteiger partial charge in [-0.15, -0.1) is 5.69 Å². The van der Waals surface area contributed by atoms with E-state index in [1.165, 1.54) is 9.12 Å². The Kier molecular flexibility index (Phi) is 11.7. The number of aliphatic hydroxyl groups excluding tert-OH is 1. The van der Waals surface area contributed by atoms with Gasteiger partial charge < -0.3 is 15.1 Å². The number of anilines is 1. The summed E-state index contributed by atoms with van der Waals surface area (Å²) >= 11 is 5.57. The summed E-state index contributed by atoms with van der Waals surface area (Å²) in [7, 11) is 1.49. The third kappa shape index (κ3) is 6.53. The molecule has 2 N–H and O–H groups in total. The van der Waals surface area contributed by atoms with E-state index in [1.807, 2.05) is 25.1 Å². The van der Waals surface area contributed by atoms with Gasteiger partial charge in [0.15, 0.2) is 0 Å². The number of hydrogen-bond acceptors (Lipinski definition) is 3. The van der Waals surface area contributed by atoms with Crippen molar-refractivity contribution >= 4 is 57.6 Å².